The molecule has 0 aromatic carbocycles. The fraction of sp³-hybridized carbons (Fsp3) is 0.667. The third kappa shape index (κ3) is 5.03. The van der Waals surface area contributed by atoms with Crippen LogP contribution in [-0.2, 0) is 19.2 Å². The molecule has 1 atom stereocenters. The van der Waals surface area contributed by atoms with Crippen molar-refractivity contribution in [1.82, 2.24) is 10.4 Å². The van der Waals surface area contributed by atoms with Crippen LogP contribution in [0.25, 0.3) is 0 Å². The molecule has 0 radical (unpaired) electrons. The van der Waals surface area contributed by atoms with Crippen LogP contribution in [0.15, 0.2) is 0 Å². The van der Waals surface area contributed by atoms with E-state index in [-0.39, 0.29) is 17.9 Å². The summed E-state index contributed by atoms with van der Waals surface area (Å²) < 4.78 is 0. The first-order valence-corrected chi connectivity index (χ1v) is 6.49. The van der Waals surface area contributed by atoms with Gasteiger partial charge in [0, 0.05) is 19.3 Å². The van der Waals surface area contributed by atoms with Crippen LogP contribution in [0.3, 0.4) is 0 Å². The molecule has 0 aliphatic heterocycles. The molecule has 0 aromatic heterocycles. The standard InChI is InChI=1S/C12H20N2O7/c1-3-5-9(16)14(21)12(11(19)20,7-6-10(17)18)13-8(15)4-2/h21H,3-7H2,1-2H3,(H,13,15)(H,17,18)(H,19,20). The minimum atomic E-state index is -2.49. The maximum absolute atomic E-state index is 11.7. The first-order valence-electron chi connectivity index (χ1n) is 6.49. The van der Waals surface area contributed by atoms with Crippen molar-refractivity contribution in [2.75, 3.05) is 0 Å². The second-order valence-corrected chi connectivity index (χ2v) is 4.42. The number of hydrogen-bond acceptors (Lipinski definition) is 5. The molecule has 0 heterocycles. The van der Waals surface area contributed by atoms with Crippen LogP contribution < -0.4 is 5.32 Å². The van der Waals surface area contributed by atoms with Crippen LogP contribution in [0.4, 0.5) is 0 Å². The van der Waals surface area contributed by atoms with Crippen LogP contribution in [0.1, 0.15) is 46.0 Å². The minimum absolute atomic E-state index is 0.0854. The summed E-state index contributed by atoms with van der Waals surface area (Å²) in [5.74, 6) is -4.67. The molecule has 0 aliphatic carbocycles. The van der Waals surface area contributed by atoms with Crippen LogP contribution >= 0.6 is 0 Å². The molecule has 0 spiro atoms. The fourth-order valence-corrected chi connectivity index (χ4v) is 1.61. The molecular weight excluding hydrogens is 284 g/mol. The smallest absolute Gasteiger partial charge is 0.353 e. The Balaban J connectivity index is 5.53. The van der Waals surface area contributed by atoms with E-state index in [0.29, 0.717) is 6.42 Å². The SMILES string of the molecule is CCCC(=O)N(O)C(CCC(=O)O)(NC(=O)CC)C(=O)O. The van der Waals surface area contributed by atoms with Crippen LogP contribution in [0.5, 0.6) is 0 Å². The summed E-state index contributed by atoms with van der Waals surface area (Å²) in [6.45, 7) is 3.10. The predicted molar refractivity (Wildman–Crippen MR) is 69.2 cm³/mol. The summed E-state index contributed by atoms with van der Waals surface area (Å²) >= 11 is 0. The molecule has 0 saturated heterocycles. The highest BCUT2D eigenvalue weighted by Crippen LogP contribution is 2.20. The van der Waals surface area contributed by atoms with Gasteiger partial charge in [0.2, 0.25) is 17.5 Å². The third-order valence-electron chi connectivity index (χ3n) is 2.78. The number of carboxylic acid groups (broad SMARTS) is 2. The molecular formula is C12H20N2O7. The number of carbonyl (C=O) groups excluding carboxylic acids is 2. The average Bonchev–Trinajstić information content (AvgIpc) is 2.42. The van der Waals surface area contributed by atoms with E-state index in [9.17, 15) is 29.5 Å². The Labute approximate surface area is 121 Å². The highest BCUT2D eigenvalue weighted by atomic mass is 16.5. The van der Waals surface area contributed by atoms with E-state index in [0.717, 1.165) is 0 Å². The van der Waals surface area contributed by atoms with Gasteiger partial charge in [0.05, 0.1) is 6.42 Å². The summed E-state index contributed by atoms with van der Waals surface area (Å²) in [6.07, 6.45) is -1.17. The van der Waals surface area contributed by atoms with Gasteiger partial charge in [0.1, 0.15) is 0 Å². The molecule has 21 heavy (non-hydrogen) atoms. The Hall–Kier alpha value is -2.16. The topological polar surface area (TPSA) is 144 Å². The van der Waals surface area contributed by atoms with Gasteiger partial charge >= 0.3 is 11.9 Å². The molecule has 1 unspecified atom stereocenters. The number of nitrogens with zero attached hydrogens (tertiary/aromatic N) is 1. The lowest BCUT2D eigenvalue weighted by atomic mass is 10.0. The van der Waals surface area contributed by atoms with Crippen LogP contribution in [0, 0.1) is 0 Å². The van der Waals surface area contributed by atoms with Gasteiger partial charge in [-0.1, -0.05) is 13.8 Å². The Morgan fingerprint density at radius 1 is 1.10 bits per heavy atom. The largest absolute Gasteiger partial charge is 0.481 e. The second kappa shape index (κ2) is 8.20. The van der Waals surface area contributed by atoms with Gasteiger partial charge in [-0.3, -0.25) is 19.6 Å². The normalized spacial score (nSPS) is 13.1. The molecule has 0 saturated carbocycles. The highest BCUT2D eigenvalue weighted by molar-refractivity contribution is 5.90. The first-order chi connectivity index (χ1) is 9.71. The van der Waals surface area contributed by atoms with Gasteiger partial charge in [0.15, 0.2) is 0 Å². The monoisotopic (exact) mass is 304 g/mol. The van der Waals surface area contributed by atoms with E-state index in [1.54, 1.807) is 6.92 Å². The third-order valence-corrected chi connectivity index (χ3v) is 2.78. The zero-order valence-electron chi connectivity index (χ0n) is 12.0. The molecule has 0 aliphatic rings. The molecule has 120 valence electrons. The summed E-state index contributed by atoms with van der Waals surface area (Å²) in [5.41, 5.74) is -2.49. The Morgan fingerprint density at radius 3 is 2.05 bits per heavy atom. The predicted octanol–water partition coefficient (Wildman–Crippen LogP) is 0.176. The van der Waals surface area contributed by atoms with E-state index in [4.69, 9.17) is 5.11 Å². The molecule has 9 nitrogen and oxygen atoms in total. The quantitative estimate of drug-likeness (QED) is 0.270. The zero-order chi connectivity index (χ0) is 16.6. The number of hydrogen-bond donors (Lipinski definition) is 4. The van der Waals surface area contributed by atoms with Crippen LogP contribution in [-0.4, -0.2) is 49.9 Å². The number of hydroxylamine groups is 2. The summed E-state index contributed by atoms with van der Waals surface area (Å²) in [6, 6.07) is 0. The van der Waals surface area contributed by atoms with Gasteiger partial charge in [-0.2, -0.15) is 5.06 Å². The van der Waals surface area contributed by atoms with Crippen molar-refractivity contribution in [3.8, 4) is 0 Å². The van der Waals surface area contributed by atoms with Crippen molar-refractivity contribution in [2.24, 2.45) is 0 Å². The van der Waals surface area contributed by atoms with Crippen molar-refractivity contribution in [2.45, 2.75) is 51.6 Å². The Morgan fingerprint density at radius 2 is 1.67 bits per heavy atom. The number of carbonyl (C=O) groups is 4. The van der Waals surface area contributed by atoms with Gasteiger partial charge in [-0.25, -0.2) is 4.79 Å². The van der Waals surface area contributed by atoms with Gasteiger partial charge in [-0.05, 0) is 6.42 Å². The van der Waals surface area contributed by atoms with Gasteiger partial charge in [0.25, 0.3) is 0 Å². The molecule has 2 amide bonds. The Kier molecular flexibility index (Phi) is 7.36. The molecule has 0 aromatic rings. The average molecular weight is 304 g/mol. The fourth-order valence-electron chi connectivity index (χ4n) is 1.61. The van der Waals surface area contributed by atoms with Gasteiger partial charge in [-0.15, -0.1) is 0 Å². The summed E-state index contributed by atoms with van der Waals surface area (Å²) in [5, 5.41) is 29.8. The number of aliphatic carboxylic acids is 2. The number of amides is 2. The van der Waals surface area contributed by atoms with E-state index >= 15 is 0 Å². The van der Waals surface area contributed by atoms with Crippen molar-refractivity contribution < 1.29 is 34.6 Å². The highest BCUT2D eigenvalue weighted by Gasteiger charge is 2.48. The van der Waals surface area contributed by atoms with E-state index in [1.165, 1.54) is 6.92 Å². The lowest BCUT2D eigenvalue weighted by Gasteiger charge is -2.36. The number of rotatable bonds is 9. The molecule has 4 N–H and O–H groups in total. The lowest BCUT2D eigenvalue weighted by Crippen LogP contribution is -2.66. The maximum Gasteiger partial charge on any atom is 0.353 e. The minimum Gasteiger partial charge on any atom is -0.481 e. The molecule has 9 heteroatoms. The van der Waals surface area contributed by atoms with E-state index in [1.807, 2.05) is 5.32 Å². The Bertz CT molecular complexity index is 424. The van der Waals surface area contributed by atoms with E-state index in [2.05, 4.69) is 0 Å². The van der Waals surface area contributed by atoms with Crippen molar-refractivity contribution in [3.05, 3.63) is 0 Å². The molecule has 0 rings (SSSR count). The lowest BCUT2D eigenvalue weighted by molar-refractivity contribution is -0.213. The molecule has 0 fully saturated rings. The second-order valence-electron chi connectivity index (χ2n) is 4.42. The summed E-state index contributed by atoms with van der Waals surface area (Å²) in [4.78, 5) is 45.3. The van der Waals surface area contributed by atoms with E-state index < -0.39 is 42.3 Å². The number of carboxylic acids is 2. The van der Waals surface area contributed by atoms with Crippen molar-refractivity contribution in [1.29, 1.82) is 0 Å². The molecule has 0 bridgehead atoms. The van der Waals surface area contributed by atoms with Crippen molar-refractivity contribution in [3.63, 3.8) is 0 Å². The number of nitrogens with one attached hydrogen (secondary N) is 1. The maximum atomic E-state index is 11.7. The van der Waals surface area contributed by atoms with Gasteiger partial charge < -0.3 is 15.5 Å². The summed E-state index contributed by atoms with van der Waals surface area (Å²) in [7, 11) is 0. The van der Waals surface area contributed by atoms with Crippen molar-refractivity contribution >= 4 is 23.8 Å². The zero-order valence-corrected chi connectivity index (χ0v) is 12.0. The first kappa shape index (κ1) is 18.8. The van der Waals surface area contributed by atoms with Crippen LogP contribution in [0.2, 0.25) is 0 Å².